The summed E-state index contributed by atoms with van der Waals surface area (Å²) in [4.78, 5) is 6.33. The molecular formula is C22H22N4O4S. The van der Waals surface area contributed by atoms with Crippen LogP contribution in [0.5, 0.6) is 5.75 Å². The smallest absolute Gasteiger partial charge is 0.284 e. The minimum absolute atomic E-state index is 0.0459. The van der Waals surface area contributed by atoms with Crippen LogP contribution in [0, 0.1) is 0 Å². The Balaban J connectivity index is 1.41. The van der Waals surface area contributed by atoms with Crippen molar-refractivity contribution in [1.29, 1.82) is 0 Å². The van der Waals surface area contributed by atoms with E-state index in [-0.39, 0.29) is 22.0 Å². The van der Waals surface area contributed by atoms with Crippen molar-refractivity contribution in [3.8, 4) is 17.1 Å². The molecule has 0 atom stereocenters. The van der Waals surface area contributed by atoms with Gasteiger partial charge in [0.2, 0.25) is 5.03 Å². The van der Waals surface area contributed by atoms with Crippen LogP contribution in [0.15, 0.2) is 46.1 Å². The standard InChI is InChI=1S/C22H22N4O4S/c1-29-18-4-2-9-23-21(18)31(27,28)25-20-16-13-22(7-8-22)17-6-5-14(26-10-3-11-26)12-15(17)19(16)30-24-20/h2,4-6,9,12H,3,7-8,10-11,13H2,1H3,(H,24,25). The number of ether oxygens (including phenoxy) is 1. The maximum atomic E-state index is 13.0. The van der Waals surface area contributed by atoms with Gasteiger partial charge < -0.3 is 14.2 Å². The third kappa shape index (κ3) is 2.83. The number of sulfonamides is 1. The molecule has 9 heteroatoms. The average molecular weight is 439 g/mol. The van der Waals surface area contributed by atoms with Gasteiger partial charge >= 0.3 is 0 Å². The number of fused-ring (bicyclic) bond motifs is 4. The van der Waals surface area contributed by atoms with Gasteiger partial charge in [-0.15, -0.1) is 0 Å². The third-order valence-electron chi connectivity index (χ3n) is 6.64. The van der Waals surface area contributed by atoms with Crippen molar-refractivity contribution in [1.82, 2.24) is 10.1 Å². The Morgan fingerprint density at radius 1 is 1.23 bits per heavy atom. The van der Waals surface area contributed by atoms with Crippen molar-refractivity contribution < 1.29 is 17.7 Å². The van der Waals surface area contributed by atoms with Gasteiger partial charge in [0.15, 0.2) is 17.3 Å². The number of benzene rings is 1. The Hall–Kier alpha value is -3.07. The number of hydrogen-bond acceptors (Lipinski definition) is 7. The quantitative estimate of drug-likeness (QED) is 0.652. The van der Waals surface area contributed by atoms with Gasteiger partial charge in [-0.2, -0.15) is 8.42 Å². The van der Waals surface area contributed by atoms with Gasteiger partial charge in [-0.1, -0.05) is 11.2 Å². The highest BCUT2D eigenvalue weighted by atomic mass is 32.2. The van der Waals surface area contributed by atoms with E-state index in [1.165, 1.54) is 31.0 Å². The zero-order valence-corrected chi connectivity index (χ0v) is 17.9. The molecule has 1 aliphatic heterocycles. The van der Waals surface area contributed by atoms with Gasteiger partial charge in [0.1, 0.15) is 0 Å². The van der Waals surface area contributed by atoms with E-state index < -0.39 is 10.0 Å². The lowest BCUT2D eigenvalue weighted by molar-refractivity contribution is 0.398. The topological polar surface area (TPSA) is 97.6 Å². The normalized spacial score (nSPS) is 18.2. The molecule has 1 aromatic carbocycles. The molecule has 6 rings (SSSR count). The van der Waals surface area contributed by atoms with Gasteiger partial charge in [0.25, 0.3) is 10.0 Å². The Morgan fingerprint density at radius 3 is 2.77 bits per heavy atom. The third-order valence-corrected chi connectivity index (χ3v) is 7.92. The molecule has 0 unspecified atom stereocenters. The summed E-state index contributed by atoms with van der Waals surface area (Å²) in [5, 5.41) is 3.94. The summed E-state index contributed by atoms with van der Waals surface area (Å²) in [6.07, 6.45) is 5.49. The molecule has 2 aliphatic carbocycles. The van der Waals surface area contributed by atoms with Crippen LogP contribution in [0.4, 0.5) is 11.5 Å². The first-order chi connectivity index (χ1) is 15.0. The first kappa shape index (κ1) is 18.7. The fraction of sp³-hybridized carbons (Fsp3) is 0.364. The van der Waals surface area contributed by atoms with Crippen LogP contribution in [0.3, 0.4) is 0 Å². The Morgan fingerprint density at radius 2 is 2.06 bits per heavy atom. The number of nitrogens with one attached hydrogen (secondary N) is 1. The molecule has 1 saturated heterocycles. The summed E-state index contributed by atoms with van der Waals surface area (Å²) >= 11 is 0. The second kappa shape index (κ2) is 6.46. The number of hydrogen-bond donors (Lipinski definition) is 1. The van der Waals surface area contributed by atoms with Crippen LogP contribution >= 0.6 is 0 Å². The van der Waals surface area contributed by atoms with E-state index >= 15 is 0 Å². The lowest BCUT2D eigenvalue weighted by Gasteiger charge is -2.34. The summed E-state index contributed by atoms with van der Waals surface area (Å²) in [7, 11) is -2.57. The highest BCUT2D eigenvalue weighted by Crippen LogP contribution is 2.58. The predicted molar refractivity (Wildman–Crippen MR) is 115 cm³/mol. The number of aromatic nitrogens is 2. The van der Waals surface area contributed by atoms with E-state index in [4.69, 9.17) is 9.26 Å². The van der Waals surface area contributed by atoms with Crippen molar-refractivity contribution in [2.45, 2.75) is 36.1 Å². The average Bonchev–Trinajstić information content (AvgIpc) is 3.40. The van der Waals surface area contributed by atoms with Crippen molar-refractivity contribution in [2.75, 3.05) is 29.8 Å². The Labute approximate surface area is 180 Å². The molecule has 2 fully saturated rings. The molecule has 1 saturated carbocycles. The SMILES string of the molecule is COc1cccnc1S(=O)(=O)Nc1noc2c1CC1(CC1)c1ccc(N3CCC3)cc1-2. The molecule has 3 aliphatic rings. The maximum Gasteiger partial charge on any atom is 0.284 e. The molecule has 3 heterocycles. The first-order valence-electron chi connectivity index (χ1n) is 10.4. The van der Waals surface area contributed by atoms with Crippen molar-refractivity contribution in [2.24, 2.45) is 0 Å². The molecule has 160 valence electrons. The molecular weight excluding hydrogens is 416 g/mol. The van der Waals surface area contributed by atoms with E-state index in [1.54, 1.807) is 12.1 Å². The van der Waals surface area contributed by atoms with Crippen LogP contribution in [0.2, 0.25) is 0 Å². The highest BCUT2D eigenvalue weighted by molar-refractivity contribution is 7.92. The number of anilines is 2. The van der Waals surface area contributed by atoms with E-state index in [0.29, 0.717) is 12.2 Å². The molecule has 0 amide bonds. The van der Waals surface area contributed by atoms with Crippen LogP contribution < -0.4 is 14.4 Å². The highest BCUT2D eigenvalue weighted by Gasteiger charge is 2.50. The van der Waals surface area contributed by atoms with E-state index in [1.807, 2.05) is 0 Å². The van der Waals surface area contributed by atoms with Crippen molar-refractivity contribution in [3.05, 3.63) is 47.7 Å². The largest absolute Gasteiger partial charge is 0.494 e. The number of rotatable bonds is 5. The fourth-order valence-corrected chi connectivity index (χ4v) is 5.79. The predicted octanol–water partition coefficient (Wildman–Crippen LogP) is 3.34. The zero-order valence-electron chi connectivity index (χ0n) is 17.1. The van der Waals surface area contributed by atoms with E-state index in [0.717, 1.165) is 37.1 Å². The lowest BCUT2D eigenvalue weighted by Crippen LogP contribution is -2.37. The first-order valence-corrected chi connectivity index (χ1v) is 11.9. The molecule has 2 aromatic heterocycles. The van der Waals surface area contributed by atoms with Gasteiger partial charge in [-0.25, -0.2) is 4.98 Å². The molecule has 8 nitrogen and oxygen atoms in total. The molecule has 0 radical (unpaired) electrons. The molecule has 3 aromatic rings. The van der Waals surface area contributed by atoms with Crippen LogP contribution in [0.25, 0.3) is 11.3 Å². The molecule has 0 bridgehead atoms. The number of pyridine rings is 1. The number of nitrogens with zero attached hydrogens (tertiary/aromatic N) is 3. The van der Waals surface area contributed by atoms with E-state index in [2.05, 4.69) is 38.0 Å². The fourth-order valence-electron chi connectivity index (χ4n) is 4.66. The lowest BCUT2D eigenvalue weighted by atomic mass is 9.79. The zero-order chi connectivity index (χ0) is 21.2. The van der Waals surface area contributed by atoms with Gasteiger partial charge in [0, 0.05) is 41.5 Å². The summed E-state index contributed by atoms with van der Waals surface area (Å²) in [5.41, 5.74) is 4.33. The van der Waals surface area contributed by atoms with Gasteiger partial charge in [-0.3, -0.25) is 4.72 Å². The maximum absolute atomic E-state index is 13.0. The van der Waals surface area contributed by atoms with Crippen molar-refractivity contribution in [3.63, 3.8) is 0 Å². The van der Waals surface area contributed by atoms with E-state index in [9.17, 15) is 8.42 Å². The van der Waals surface area contributed by atoms with Gasteiger partial charge in [0.05, 0.1) is 7.11 Å². The summed E-state index contributed by atoms with van der Waals surface area (Å²) < 4.78 is 39.5. The van der Waals surface area contributed by atoms with Crippen molar-refractivity contribution >= 4 is 21.5 Å². The summed E-state index contributed by atoms with van der Waals surface area (Å²) in [6, 6.07) is 9.75. The summed E-state index contributed by atoms with van der Waals surface area (Å²) in [6.45, 7) is 2.12. The second-order valence-corrected chi connectivity index (χ2v) is 10.1. The second-order valence-electron chi connectivity index (χ2n) is 8.48. The molecule has 31 heavy (non-hydrogen) atoms. The monoisotopic (exact) mass is 438 g/mol. The van der Waals surface area contributed by atoms with Crippen LogP contribution in [-0.2, 0) is 21.9 Å². The van der Waals surface area contributed by atoms with Gasteiger partial charge in [-0.05, 0) is 55.5 Å². The minimum Gasteiger partial charge on any atom is -0.494 e. The van der Waals surface area contributed by atoms with Crippen LogP contribution in [-0.4, -0.2) is 38.8 Å². The summed E-state index contributed by atoms with van der Waals surface area (Å²) in [5.74, 6) is 1.06. The number of methoxy groups -OCH3 is 1. The molecule has 1 N–H and O–H groups in total. The Bertz CT molecular complexity index is 1290. The molecule has 1 spiro atoms. The van der Waals surface area contributed by atoms with Crippen LogP contribution in [0.1, 0.15) is 30.4 Å². The minimum atomic E-state index is -3.99. The Kier molecular flexibility index (Phi) is 3.89.